The molecule has 0 amide bonds. The average molecular weight is 355 g/mol. The fraction of sp³-hybridized carbons (Fsp3) is 0.778. The number of nitrogens with zero attached hydrogens (tertiary/aromatic N) is 2. The number of thiazole rings is 1. The Morgan fingerprint density at radius 1 is 1.25 bits per heavy atom. The van der Waals surface area contributed by atoms with Gasteiger partial charge in [-0.25, -0.2) is 4.98 Å². The molecule has 0 saturated carbocycles. The third kappa shape index (κ3) is 9.23. The molecule has 0 unspecified atom stereocenters. The van der Waals surface area contributed by atoms with Crippen LogP contribution in [0, 0.1) is 5.92 Å². The minimum absolute atomic E-state index is 0.506. The van der Waals surface area contributed by atoms with E-state index in [4.69, 9.17) is 4.74 Å². The maximum Gasteiger partial charge on any atom is 0.191 e. The van der Waals surface area contributed by atoms with Gasteiger partial charge in [0, 0.05) is 37.4 Å². The van der Waals surface area contributed by atoms with Gasteiger partial charge in [0.05, 0.1) is 23.9 Å². The first-order chi connectivity index (χ1) is 11.5. The third-order valence-electron chi connectivity index (χ3n) is 3.43. The quantitative estimate of drug-likeness (QED) is 0.363. The summed E-state index contributed by atoms with van der Waals surface area (Å²) in [6.45, 7) is 14.7. The number of hydrogen-bond acceptors (Lipinski definition) is 4. The molecule has 0 radical (unpaired) electrons. The standard InChI is InChI=1S/C18H34N4OS/c1-6-19-18(21-10-12-23-11-8-14(2)3)20-9-7-16-13-24-17(22-16)15(4)5/h13-15H,6-12H2,1-5H3,(H2,19,20,21). The van der Waals surface area contributed by atoms with Gasteiger partial charge in [-0.15, -0.1) is 11.3 Å². The normalized spacial score (nSPS) is 12.2. The first-order valence-electron chi connectivity index (χ1n) is 9.07. The van der Waals surface area contributed by atoms with Crippen LogP contribution in [-0.4, -0.2) is 43.8 Å². The van der Waals surface area contributed by atoms with Gasteiger partial charge >= 0.3 is 0 Å². The van der Waals surface area contributed by atoms with Crippen LogP contribution in [0.2, 0.25) is 0 Å². The summed E-state index contributed by atoms with van der Waals surface area (Å²) in [5.74, 6) is 2.05. The van der Waals surface area contributed by atoms with Crippen LogP contribution in [0.1, 0.15) is 57.7 Å². The summed E-state index contributed by atoms with van der Waals surface area (Å²) in [6, 6.07) is 0. The Labute approximate surface area is 151 Å². The van der Waals surface area contributed by atoms with Crippen molar-refractivity contribution in [2.75, 3.05) is 32.8 Å². The van der Waals surface area contributed by atoms with E-state index < -0.39 is 0 Å². The van der Waals surface area contributed by atoms with Gasteiger partial charge in [0.25, 0.3) is 0 Å². The van der Waals surface area contributed by atoms with E-state index in [0.29, 0.717) is 25.0 Å². The van der Waals surface area contributed by atoms with Gasteiger partial charge in [0.1, 0.15) is 0 Å². The molecule has 1 aromatic rings. The van der Waals surface area contributed by atoms with Gasteiger partial charge in [0.15, 0.2) is 5.96 Å². The molecule has 138 valence electrons. The fourth-order valence-electron chi connectivity index (χ4n) is 2.00. The first-order valence-corrected chi connectivity index (χ1v) is 9.95. The summed E-state index contributed by atoms with van der Waals surface area (Å²) >= 11 is 1.75. The van der Waals surface area contributed by atoms with Crippen molar-refractivity contribution in [3.8, 4) is 0 Å². The van der Waals surface area contributed by atoms with Crippen molar-refractivity contribution >= 4 is 17.3 Å². The predicted octanol–water partition coefficient (Wildman–Crippen LogP) is 3.43. The van der Waals surface area contributed by atoms with E-state index in [0.717, 1.165) is 44.2 Å². The number of aromatic nitrogens is 1. The summed E-state index contributed by atoms with van der Waals surface area (Å²) < 4.78 is 5.60. The molecule has 1 rings (SSSR count). The summed E-state index contributed by atoms with van der Waals surface area (Å²) in [5, 5.41) is 10.0. The van der Waals surface area contributed by atoms with Gasteiger partial charge in [-0.05, 0) is 19.3 Å². The van der Waals surface area contributed by atoms with Crippen molar-refractivity contribution in [1.29, 1.82) is 0 Å². The summed E-state index contributed by atoms with van der Waals surface area (Å²) in [6.07, 6.45) is 2.02. The van der Waals surface area contributed by atoms with Crippen molar-refractivity contribution in [1.82, 2.24) is 15.6 Å². The zero-order chi connectivity index (χ0) is 17.8. The van der Waals surface area contributed by atoms with E-state index >= 15 is 0 Å². The van der Waals surface area contributed by atoms with Crippen LogP contribution in [0.25, 0.3) is 0 Å². The number of rotatable bonds is 11. The lowest BCUT2D eigenvalue weighted by atomic mass is 10.1. The molecule has 0 saturated heterocycles. The summed E-state index contributed by atoms with van der Waals surface area (Å²) in [5.41, 5.74) is 1.16. The molecule has 0 bridgehead atoms. The highest BCUT2D eigenvalue weighted by molar-refractivity contribution is 7.09. The number of aliphatic imine (C=N–C) groups is 1. The summed E-state index contributed by atoms with van der Waals surface area (Å²) in [4.78, 5) is 9.21. The Balaban J connectivity index is 2.27. The number of guanidine groups is 1. The second-order valence-corrected chi connectivity index (χ2v) is 7.45. The average Bonchev–Trinajstić information content (AvgIpc) is 2.99. The van der Waals surface area contributed by atoms with Crippen LogP contribution in [0.3, 0.4) is 0 Å². The molecule has 1 heterocycles. The molecule has 0 fully saturated rings. The highest BCUT2D eigenvalue weighted by Gasteiger charge is 2.06. The molecular formula is C18H34N4OS. The van der Waals surface area contributed by atoms with E-state index in [2.05, 4.69) is 60.6 Å². The van der Waals surface area contributed by atoms with Crippen LogP contribution in [0.15, 0.2) is 10.4 Å². The second kappa shape index (κ2) is 12.3. The Bertz CT molecular complexity index is 471. The molecule has 0 aromatic carbocycles. The second-order valence-electron chi connectivity index (χ2n) is 6.56. The van der Waals surface area contributed by atoms with Gasteiger partial charge in [-0.2, -0.15) is 0 Å². The maximum absolute atomic E-state index is 5.60. The van der Waals surface area contributed by atoms with Crippen molar-refractivity contribution in [2.24, 2.45) is 10.9 Å². The van der Waals surface area contributed by atoms with E-state index in [1.807, 2.05) is 0 Å². The van der Waals surface area contributed by atoms with Crippen molar-refractivity contribution in [3.63, 3.8) is 0 Å². The van der Waals surface area contributed by atoms with Crippen LogP contribution in [0.5, 0.6) is 0 Å². The van der Waals surface area contributed by atoms with Gasteiger partial charge in [0.2, 0.25) is 0 Å². The lowest BCUT2D eigenvalue weighted by Gasteiger charge is -2.11. The van der Waals surface area contributed by atoms with E-state index in [1.165, 1.54) is 5.01 Å². The van der Waals surface area contributed by atoms with Crippen molar-refractivity contribution < 1.29 is 4.74 Å². The lowest BCUT2D eigenvalue weighted by molar-refractivity contribution is 0.130. The van der Waals surface area contributed by atoms with Crippen LogP contribution in [0.4, 0.5) is 0 Å². The number of nitrogens with one attached hydrogen (secondary N) is 2. The topological polar surface area (TPSA) is 58.5 Å². The van der Waals surface area contributed by atoms with Gasteiger partial charge < -0.3 is 15.4 Å². The minimum Gasteiger partial charge on any atom is -0.380 e. The predicted molar refractivity (Wildman–Crippen MR) is 104 cm³/mol. The molecule has 5 nitrogen and oxygen atoms in total. The zero-order valence-electron chi connectivity index (χ0n) is 15.9. The molecular weight excluding hydrogens is 320 g/mol. The third-order valence-corrected chi connectivity index (χ3v) is 4.62. The van der Waals surface area contributed by atoms with E-state index in [-0.39, 0.29) is 0 Å². The Hall–Kier alpha value is -1.14. The Morgan fingerprint density at radius 2 is 2.04 bits per heavy atom. The van der Waals surface area contributed by atoms with Crippen molar-refractivity contribution in [2.45, 2.75) is 53.4 Å². The SMILES string of the molecule is CCNC(=NCCOCCC(C)C)NCCc1csc(C(C)C)n1. The number of ether oxygens (including phenoxy) is 1. The fourth-order valence-corrected chi connectivity index (χ4v) is 2.87. The highest BCUT2D eigenvalue weighted by atomic mass is 32.1. The lowest BCUT2D eigenvalue weighted by Crippen LogP contribution is -2.38. The van der Waals surface area contributed by atoms with Gasteiger partial charge in [-0.3, -0.25) is 4.99 Å². The molecule has 1 aromatic heterocycles. The molecule has 24 heavy (non-hydrogen) atoms. The minimum atomic E-state index is 0.506. The maximum atomic E-state index is 5.60. The van der Waals surface area contributed by atoms with Crippen LogP contribution in [-0.2, 0) is 11.2 Å². The van der Waals surface area contributed by atoms with E-state index in [1.54, 1.807) is 11.3 Å². The molecule has 0 atom stereocenters. The Kier molecular flexibility index (Phi) is 10.7. The molecule has 0 aliphatic heterocycles. The molecule has 0 aliphatic rings. The highest BCUT2D eigenvalue weighted by Crippen LogP contribution is 2.19. The van der Waals surface area contributed by atoms with Crippen LogP contribution >= 0.6 is 11.3 Å². The van der Waals surface area contributed by atoms with E-state index in [9.17, 15) is 0 Å². The Morgan fingerprint density at radius 3 is 2.67 bits per heavy atom. The zero-order valence-corrected chi connectivity index (χ0v) is 16.7. The molecule has 6 heteroatoms. The molecule has 2 N–H and O–H groups in total. The smallest absolute Gasteiger partial charge is 0.191 e. The van der Waals surface area contributed by atoms with Crippen molar-refractivity contribution in [3.05, 3.63) is 16.1 Å². The van der Waals surface area contributed by atoms with Gasteiger partial charge in [-0.1, -0.05) is 27.7 Å². The molecule has 0 spiro atoms. The largest absolute Gasteiger partial charge is 0.380 e. The number of hydrogen-bond donors (Lipinski definition) is 2. The first kappa shape index (κ1) is 20.9. The molecule has 0 aliphatic carbocycles. The monoisotopic (exact) mass is 354 g/mol. The van der Waals surface area contributed by atoms with Crippen LogP contribution < -0.4 is 10.6 Å². The summed E-state index contributed by atoms with van der Waals surface area (Å²) in [7, 11) is 0.